The van der Waals surface area contributed by atoms with Gasteiger partial charge in [-0.1, -0.05) is 25.3 Å². The molecule has 98 valence electrons. The first-order valence-corrected chi connectivity index (χ1v) is 6.87. The van der Waals surface area contributed by atoms with Gasteiger partial charge in [-0.05, 0) is 42.5 Å². The summed E-state index contributed by atoms with van der Waals surface area (Å²) in [6.07, 6.45) is 7.88. The first kappa shape index (κ1) is 12.2. The number of carbonyl (C=O) groups is 1. The van der Waals surface area contributed by atoms with Crippen molar-refractivity contribution in [3.63, 3.8) is 0 Å². The van der Waals surface area contributed by atoms with Crippen molar-refractivity contribution in [2.75, 3.05) is 0 Å². The molecule has 0 atom stereocenters. The Labute approximate surface area is 112 Å². The highest BCUT2D eigenvalue weighted by Gasteiger charge is 2.17. The maximum atomic E-state index is 11.3. The number of carboxylic acid groups (broad SMARTS) is 1. The third-order valence-electron chi connectivity index (χ3n) is 4.07. The van der Waals surface area contributed by atoms with Crippen LogP contribution in [0.15, 0.2) is 30.5 Å². The summed E-state index contributed by atoms with van der Waals surface area (Å²) in [7, 11) is 0. The maximum Gasteiger partial charge on any atom is 0.336 e. The molecule has 1 aromatic carbocycles. The SMILES string of the molecule is O=C(O)c1ccnc2ccc(C3CCCCC3)cc12. The van der Waals surface area contributed by atoms with Crippen LogP contribution in [0.25, 0.3) is 10.9 Å². The lowest BCUT2D eigenvalue weighted by Crippen LogP contribution is -2.05. The monoisotopic (exact) mass is 255 g/mol. The Morgan fingerprint density at radius 3 is 2.68 bits per heavy atom. The van der Waals surface area contributed by atoms with Crippen LogP contribution in [0.4, 0.5) is 0 Å². The van der Waals surface area contributed by atoms with E-state index in [1.807, 2.05) is 12.1 Å². The van der Waals surface area contributed by atoms with Crippen LogP contribution in [0.5, 0.6) is 0 Å². The molecule has 0 aliphatic heterocycles. The highest BCUT2D eigenvalue weighted by Crippen LogP contribution is 2.34. The largest absolute Gasteiger partial charge is 0.478 e. The molecule has 1 aliphatic rings. The minimum atomic E-state index is -0.881. The van der Waals surface area contributed by atoms with Crippen molar-refractivity contribution in [1.29, 1.82) is 0 Å². The molecule has 0 spiro atoms. The first-order valence-electron chi connectivity index (χ1n) is 6.87. The first-order chi connectivity index (χ1) is 9.25. The zero-order chi connectivity index (χ0) is 13.2. The third-order valence-corrected chi connectivity index (χ3v) is 4.07. The van der Waals surface area contributed by atoms with E-state index in [4.69, 9.17) is 0 Å². The predicted molar refractivity (Wildman–Crippen MR) is 74.5 cm³/mol. The lowest BCUT2D eigenvalue weighted by molar-refractivity contribution is 0.0699. The third kappa shape index (κ3) is 2.33. The van der Waals surface area contributed by atoms with Crippen molar-refractivity contribution in [1.82, 2.24) is 4.98 Å². The molecule has 0 bridgehead atoms. The van der Waals surface area contributed by atoms with E-state index in [1.165, 1.54) is 37.7 Å². The van der Waals surface area contributed by atoms with Gasteiger partial charge < -0.3 is 5.11 Å². The van der Waals surface area contributed by atoms with Crippen molar-refractivity contribution >= 4 is 16.9 Å². The molecule has 1 heterocycles. The molecule has 0 radical (unpaired) electrons. The van der Waals surface area contributed by atoms with Crippen LogP contribution in [-0.4, -0.2) is 16.1 Å². The van der Waals surface area contributed by atoms with E-state index in [0.29, 0.717) is 11.5 Å². The van der Waals surface area contributed by atoms with Gasteiger partial charge in [0.2, 0.25) is 0 Å². The number of hydrogen-bond acceptors (Lipinski definition) is 2. The smallest absolute Gasteiger partial charge is 0.336 e. The molecule has 1 N–H and O–H groups in total. The summed E-state index contributed by atoms with van der Waals surface area (Å²) in [5, 5.41) is 10.0. The molecule has 2 aromatic rings. The molecule has 19 heavy (non-hydrogen) atoms. The number of aromatic carboxylic acids is 1. The van der Waals surface area contributed by atoms with Crippen LogP contribution in [0, 0.1) is 0 Å². The summed E-state index contributed by atoms with van der Waals surface area (Å²) in [5.41, 5.74) is 2.38. The Kier molecular flexibility index (Phi) is 3.20. The van der Waals surface area contributed by atoms with Gasteiger partial charge in [0.05, 0.1) is 11.1 Å². The van der Waals surface area contributed by atoms with Gasteiger partial charge in [-0.3, -0.25) is 4.98 Å². The Bertz CT molecular complexity index is 615. The van der Waals surface area contributed by atoms with Gasteiger partial charge in [0, 0.05) is 11.6 Å². The Morgan fingerprint density at radius 2 is 1.95 bits per heavy atom. The molecule has 1 saturated carbocycles. The summed E-state index contributed by atoms with van der Waals surface area (Å²) < 4.78 is 0. The minimum Gasteiger partial charge on any atom is -0.478 e. The van der Waals surface area contributed by atoms with E-state index in [2.05, 4.69) is 11.1 Å². The van der Waals surface area contributed by atoms with Gasteiger partial charge in [-0.25, -0.2) is 4.79 Å². The van der Waals surface area contributed by atoms with Gasteiger partial charge in [-0.15, -0.1) is 0 Å². The van der Waals surface area contributed by atoms with Gasteiger partial charge in [0.1, 0.15) is 0 Å². The van der Waals surface area contributed by atoms with Crippen molar-refractivity contribution in [2.45, 2.75) is 38.0 Å². The molecule has 0 unspecified atom stereocenters. The predicted octanol–water partition coefficient (Wildman–Crippen LogP) is 3.98. The quantitative estimate of drug-likeness (QED) is 0.883. The zero-order valence-electron chi connectivity index (χ0n) is 10.8. The summed E-state index contributed by atoms with van der Waals surface area (Å²) in [6.45, 7) is 0. The van der Waals surface area contributed by atoms with E-state index in [9.17, 15) is 9.90 Å². The molecular weight excluding hydrogens is 238 g/mol. The molecule has 3 rings (SSSR count). The molecule has 3 nitrogen and oxygen atoms in total. The van der Waals surface area contributed by atoms with Crippen molar-refractivity contribution < 1.29 is 9.90 Å². The van der Waals surface area contributed by atoms with Crippen LogP contribution in [0.2, 0.25) is 0 Å². The summed E-state index contributed by atoms with van der Waals surface area (Å²) >= 11 is 0. The molecular formula is C16H17NO2. The van der Waals surface area contributed by atoms with E-state index in [0.717, 1.165) is 10.9 Å². The van der Waals surface area contributed by atoms with Gasteiger partial charge in [-0.2, -0.15) is 0 Å². The highest BCUT2D eigenvalue weighted by atomic mass is 16.4. The fraction of sp³-hybridized carbons (Fsp3) is 0.375. The van der Waals surface area contributed by atoms with E-state index in [-0.39, 0.29) is 0 Å². The second-order valence-electron chi connectivity index (χ2n) is 5.28. The second kappa shape index (κ2) is 5.00. The lowest BCUT2D eigenvalue weighted by atomic mass is 9.83. The lowest BCUT2D eigenvalue weighted by Gasteiger charge is -2.22. The average molecular weight is 255 g/mol. The van der Waals surface area contributed by atoms with E-state index in [1.54, 1.807) is 12.3 Å². The normalized spacial score (nSPS) is 16.6. The fourth-order valence-electron chi connectivity index (χ4n) is 3.04. The van der Waals surface area contributed by atoms with E-state index >= 15 is 0 Å². The van der Waals surface area contributed by atoms with Crippen molar-refractivity contribution in [3.8, 4) is 0 Å². The van der Waals surface area contributed by atoms with Crippen molar-refractivity contribution in [3.05, 3.63) is 41.6 Å². The molecule has 1 fully saturated rings. The van der Waals surface area contributed by atoms with Gasteiger partial charge in [0.25, 0.3) is 0 Å². The number of carboxylic acids is 1. The van der Waals surface area contributed by atoms with Crippen molar-refractivity contribution in [2.24, 2.45) is 0 Å². The average Bonchev–Trinajstić information content (AvgIpc) is 2.47. The second-order valence-corrected chi connectivity index (χ2v) is 5.28. The minimum absolute atomic E-state index is 0.350. The van der Waals surface area contributed by atoms with Gasteiger partial charge in [0.15, 0.2) is 0 Å². The summed E-state index contributed by atoms with van der Waals surface area (Å²) in [6, 6.07) is 7.67. The molecule has 3 heteroatoms. The number of rotatable bonds is 2. The summed E-state index contributed by atoms with van der Waals surface area (Å²) in [4.78, 5) is 15.5. The van der Waals surface area contributed by atoms with Crippen LogP contribution >= 0.6 is 0 Å². The summed E-state index contributed by atoms with van der Waals surface area (Å²) in [5.74, 6) is -0.298. The topological polar surface area (TPSA) is 50.2 Å². The number of aromatic nitrogens is 1. The molecule has 0 saturated heterocycles. The Hall–Kier alpha value is -1.90. The zero-order valence-corrected chi connectivity index (χ0v) is 10.8. The maximum absolute atomic E-state index is 11.3. The Morgan fingerprint density at radius 1 is 1.16 bits per heavy atom. The van der Waals surface area contributed by atoms with Crippen LogP contribution in [0.1, 0.15) is 53.9 Å². The highest BCUT2D eigenvalue weighted by molar-refractivity contribution is 6.02. The standard InChI is InChI=1S/C16H17NO2/c18-16(19)13-8-9-17-15-7-6-12(10-14(13)15)11-4-2-1-3-5-11/h6-11H,1-5H2,(H,18,19). The molecule has 1 aliphatic carbocycles. The molecule has 1 aromatic heterocycles. The Balaban J connectivity index is 2.08. The van der Waals surface area contributed by atoms with Crippen LogP contribution in [-0.2, 0) is 0 Å². The van der Waals surface area contributed by atoms with Crippen LogP contribution < -0.4 is 0 Å². The van der Waals surface area contributed by atoms with E-state index < -0.39 is 5.97 Å². The number of nitrogens with zero attached hydrogens (tertiary/aromatic N) is 1. The fourth-order valence-corrected chi connectivity index (χ4v) is 3.04. The van der Waals surface area contributed by atoms with Crippen LogP contribution in [0.3, 0.4) is 0 Å². The molecule has 0 amide bonds. The number of benzene rings is 1. The number of pyridine rings is 1. The number of hydrogen-bond donors (Lipinski definition) is 1. The van der Waals surface area contributed by atoms with Gasteiger partial charge >= 0.3 is 5.97 Å². The number of fused-ring (bicyclic) bond motifs is 1.